The Morgan fingerprint density at radius 2 is 2.11 bits per heavy atom. The van der Waals surface area contributed by atoms with Gasteiger partial charge in [0.25, 0.3) is 0 Å². The zero-order chi connectivity index (χ0) is 13.7. The third kappa shape index (κ3) is 5.32. The van der Waals surface area contributed by atoms with Crippen molar-refractivity contribution in [2.45, 2.75) is 38.5 Å². The number of thioether (sulfide) groups is 1. The molecule has 0 aliphatic carbocycles. The first-order valence-corrected chi connectivity index (χ1v) is 8.29. The van der Waals surface area contributed by atoms with E-state index in [1.54, 1.807) is 0 Å². The maximum absolute atomic E-state index is 5.38. The zero-order valence-corrected chi connectivity index (χ0v) is 13.2. The van der Waals surface area contributed by atoms with E-state index in [0.717, 1.165) is 50.5 Å². The molecule has 4 nitrogen and oxygen atoms in total. The van der Waals surface area contributed by atoms with E-state index in [4.69, 9.17) is 4.74 Å². The summed E-state index contributed by atoms with van der Waals surface area (Å²) in [4.78, 5) is 7.09. The van der Waals surface area contributed by atoms with E-state index in [2.05, 4.69) is 36.0 Å². The number of morpholine rings is 1. The summed E-state index contributed by atoms with van der Waals surface area (Å²) in [5.41, 5.74) is 0. The van der Waals surface area contributed by atoms with Crippen molar-refractivity contribution in [1.29, 1.82) is 0 Å². The molecule has 0 saturated carbocycles. The summed E-state index contributed by atoms with van der Waals surface area (Å²) in [6.07, 6.45) is 1.26. The Labute approximate surface area is 121 Å². The van der Waals surface area contributed by atoms with Gasteiger partial charge in [0.05, 0.1) is 19.8 Å². The van der Waals surface area contributed by atoms with Crippen molar-refractivity contribution in [3.8, 4) is 0 Å². The van der Waals surface area contributed by atoms with Crippen molar-refractivity contribution in [2.24, 2.45) is 10.9 Å². The van der Waals surface area contributed by atoms with Crippen molar-refractivity contribution >= 4 is 16.9 Å². The lowest BCUT2D eigenvalue weighted by atomic mass is 10.1. The molecule has 0 aromatic rings. The van der Waals surface area contributed by atoms with Crippen LogP contribution in [-0.4, -0.2) is 60.8 Å². The predicted octanol–water partition coefficient (Wildman–Crippen LogP) is 1.81. The Kier molecular flexibility index (Phi) is 5.98. The van der Waals surface area contributed by atoms with Crippen LogP contribution in [0.25, 0.3) is 0 Å². The van der Waals surface area contributed by atoms with Gasteiger partial charge in [0.15, 0.2) is 5.17 Å². The number of amidine groups is 1. The molecule has 2 heterocycles. The molecule has 110 valence electrons. The lowest BCUT2D eigenvalue weighted by Crippen LogP contribution is -2.45. The van der Waals surface area contributed by atoms with E-state index in [1.165, 1.54) is 6.42 Å². The SMILES string of the molecule is CC(C)CC1CN=C(NC(C)CN2CCOCC2)S1. The highest BCUT2D eigenvalue weighted by Gasteiger charge is 2.22. The molecule has 2 unspecified atom stereocenters. The van der Waals surface area contributed by atoms with E-state index in [9.17, 15) is 0 Å². The summed E-state index contributed by atoms with van der Waals surface area (Å²) in [5, 5.41) is 5.38. The largest absolute Gasteiger partial charge is 0.379 e. The number of nitrogens with one attached hydrogen (secondary N) is 1. The fourth-order valence-electron chi connectivity index (χ4n) is 2.57. The first-order valence-electron chi connectivity index (χ1n) is 7.41. The third-order valence-electron chi connectivity index (χ3n) is 3.46. The predicted molar refractivity (Wildman–Crippen MR) is 83.0 cm³/mol. The molecule has 0 amide bonds. The topological polar surface area (TPSA) is 36.9 Å². The van der Waals surface area contributed by atoms with Crippen molar-refractivity contribution in [2.75, 3.05) is 39.4 Å². The Morgan fingerprint density at radius 3 is 2.79 bits per heavy atom. The quantitative estimate of drug-likeness (QED) is 0.836. The summed E-state index contributed by atoms with van der Waals surface area (Å²) < 4.78 is 5.38. The second kappa shape index (κ2) is 7.50. The summed E-state index contributed by atoms with van der Waals surface area (Å²) in [7, 11) is 0. The van der Waals surface area contributed by atoms with E-state index < -0.39 is 0 Å². The monoisotopic (exact) mass is 285 g/mol. The van der Waals surface area contributed by atoms with Crippen LogP contribution in [0.15, 0.2) is 4.99 Å². The van der Waals surface area contributed by atoms with E-state index in [1.807, 2.05) is 11.8 Å². The highest BCUT2D eigenvalue weighted by Crippen LogP contribution is 2.25. The first kappa shape index (κ1) is 15.1. The van der Waals surface area contributed by atoms with Crippen LogP contribution in [0.1, 0.15) is 27.2 Å². The highest BCUT2D eigenvalue weighted by molar-refractivity contribution is 8.14. The van der Waals surface area contributed by atoms with Crippen molar-refractivity contribution in [1.82, 2.24) is 10.2 Å². The van der Waals surface area contributed by atoms with Gasteiger partial charge in [-0.25, -0.2) is 0 Å². The van der Waals surface area contributed by atoms with Crippen molar-refractivity contribution < 1.29 is 4.74 Å². The van der Waals surface area contributed by atoms with Crippen LogP contribution < -0.4 is 5.32 Å². The number of rotatable bonds is 5. The Bertz CT molecular complexity index is 303. The van der Waals surface area contributed by atoms with E-state index in [0.29, 0.717) is 11.3 Å². The van der Waals surface area contributed by atoms with Gasteiger partial charge in [0, 0.05) is 30.9 Å². The van der Waals surface area contributed by atoms with Crippen molar-refractivity contribution in [3.05, 3.63) is 0 Å². The van der Waals surface area contributed by atoms with Crippen LogP contribution in [0.4, 0.5) is 0 Å². The van der Waals surface area contributed by atoms with Crippen LogP contribution >= 0.6 is 11.8 Å². The minimum absolute atomic E-state index is 0.460. The van der Waals surface area contributed by atoms with E-state index in [-0.39, 0.29) is 0 Å². The molecule has 1 fully saturated rings. The molecule has 1 saturated heterocycles. The third-order valence-corrected chi connectivity index (χ3v) is 4.60. The average Bonchev–Trinajstić information content (AvgIpc) is 2.76. The van der Waals surface area contributed by atoms with Crippen LogP contribution in [0.5, 0.6) is 0 Å². The fraction of sp³-hybridized carbons (Fsp3) is 0.929. The van der Waals surface area contributed by atoms with Gasteiger partial charge in [-0.05, 0) is 19.3 Å². The second-order valence-corrected chi connectivity index (χ2v) is 7.26. The Morgan fingerprint density at radius 1 is 1.37 bits per heavy atom. The molecule has 0 aromatic carbocycles. The average molecular weight is 285 g/mol. The van der Waals surface area contributed by atoms with Gasteiger partial charge in [-0.1, -0.05) is 25.6 Å². The summed E-state index contributed by atoms with van der Waals surface area (Å²) in [6, 6.07) is 0.460. The molecule has 5 heteroatoms. The molecule has 2 aliphatic heterocycles. The van der Waals surface area contributed by atoms with Gasteiger partial charge in [-0.3, -0.25) is 9.89 Å². The van der Waals surface area contributed by atoms with Crippen LogP contribution in [0.3, 0.4) is 0 Å². The van der Waals surface area contributed by atoms with Crippen LogP contribution in [0.2, 0.25) is 0 Å². The molecule has 2 aliphatic rings. The van der Waals surface area contributed by atoms with Crippen molar-refractivity contribution in [3.63, 3.8) is 0 Å². The summed E-state index contributed by atoms with van der Waals surface area (Å²) in [6.45, 7) is 12.7. The molecule has 2 rings (SSSR count). The standard InChI is InChI=1S/C14H27N3OS/c1-11(2)8-13-9-15-14(19-13)16-12(3)10-17-4-6-18-7-5-17/h11-13H,4-10H2,1-3H3,(H,15,16). The van der Waals surface area contributed by atoms with Gasteiger partial charge in [-0.15, -0.1) is 0 Å². The number of aliphatic imine (C=N–C) groups is 1. The van der Waals surface area contributed by atoms with Gasteiger partial charge in [0.2, 0.25) is 0 Å². The van der Waals surface area contributed by atoms with Gasteiger partial charge >= 0.3 is 0 Å². The second-order valence-electron chi connectivity index (χ2n) is 5.97. The number of nitrogens with zero attached hydrogens (tertiary/aromatic N) is 2. The highest BCUT2D eigenvalue weighted by atomic mass is 32.2. The molecule has 0 radical (unpaired) electrons. The fourth-order valence-corrected chi connectivity index (χ4v) is 3.94. The maximum atomic E-state index is 5.38. The molecule has 0 aromatic heterocycles. The number of ether oxygens (including phenoxy) is 1. The molecular weight excluding hydrogens is 258 g/mol. The minimum atomic E-state index is 0.460. The number of hydrogen-bond acceptors (Lipinski definition) is 5. The number of hydrogen-bond donors (Lipinski definition) is 1. The van der Waals surface area contributed by atoms with Gasteiger partial charge in [-0.2, -0.15) is 0 Å². The maximum Gasteiger partial charge on any atom is 0.157 e. The molecule has 2 atom stereocenters. The Hall–Kier alpha value is -0.260. The van der Waals surface area contributed by atoms with E-state index >= 15 is 0 Å². The molecule has 1 N–H and O–H groups in total. The molecule has 0 spiro atoms. The lowest BCUT2D eigenvalue weighted by molar-refractivity contribution is 0.0353. The van der Waals surface area contributed by atoms with Gasteiger partial charge < -0.3 is 10.1 Å². The zero-order valence-electron chi connectivity index (χ0n) is 12.4. The smallest absolute Gasteiger partial charge is 0.157 e. The normalized spacial score (nSPS) is 26.5. The Balaban J connectivity index is 1.66. The minimum Gasteiger partial charge on any atom is -0.379 e. The van der Waals surface area contributed by atoms with Gasteiger partial charge in [0.1, 0.15) is 0 Å². The molecular formula is C14H27N3OS. The summed E-state index contributed by atoms with van der Waals surface area (Å²) in [5.74, 6) is 0.762. The van der Waals surface area contributed by atoms with Crippen LogP contribution in [-0.2, 0) is 4.74 Å². The molecule has 19 heavy (non-hydrogen) atoms. The molecule has 0 bridgehead atoms. The summed E-state index contributed by atoms with van der Waals surface area (Å²) >= 11 is 1.93. The lowest BCUT2D eigenvalue weighted by Gasteiger charge is -2.29. The van der Waals surface area contributed by atoms with Crippen LogP contribution in [0, 0.1) is 5.92 Å². The first-order chi connectivity index (χ1) is 9.13.